The number of carbonyl (C=O) groups is 1. The van der Waals surface area contributed by atoms with E-state index in [1.54, 1.807) is 20.3 Å². The largest absolute Gasteiger partial charge is 0.495 e. The molecule has 2 N–H and O–H groups in total. The van der Waals surface area contributed by atoms with Gasteiger partial charge in [-0.05, 0) is 43.2 Å². The quantitative estimate of drug-likeness (QED) is 0.606. The first-order chi connectivity index (χ1) is 15.5. The monoisotopic (exact) mass is 479 g/mol. The fraction of sp³-hybridized carbons (Fsp3) is 0.478. The summed E-state index contributed by atoms with van der Waals surface area (Å²) >= 11 is 13.3. The number of nitrogens with zero attached hydrogens (tertiary/aromatic N) is 1. The lowest BCUT2D eigenvalue weighted by Crippen LogP contribution is -2.44. The minimum Gasteiger partial charge on any atom is -0.495 e. The average Bonchev–Trinajstić information content (AvgIpc) is 3.23. The summed E-state index contributed by atoms with van der Waals surface area (Å²) in [6.07, 6.45) is 4.43. The third-order valence-corrected chi connectivity index (χ3v) is 7.19. The summed E-state index contributed by atoms with van der Waals surface area (Å²) in [4.78, 5) is 11.9. The van der Waals surface area contributed by atoms with Crippen LogP contribution in [0.3, 0.4) is 0 Å². The molecule has 32 heavy (non-hydrogen) atoms. The standard InChI is InChI=1S/C23H27Cl2N3O4/c1-4-19(29)26-15-7-8-32-11-14(15)23-13-6-5-12(9-16(13)27-28-23)20-21(24)17(30-2)10-18(31-3)22(20)25/h4,10,12,14-15H,1,5-9,11H2,2-3H3,(H,26,29)(H,27,28). The van der Waals surface area contributed by atoms with Crippen molar-refractivity contribution in [1.29, 1.82) is 0 Å². The molecule has 7 nitrogen and oxygen atoms in total. The van der Waals surface area contributed by atoms with E-state index in [0.29, 0.717) is 34.8 Å². The zero-order valence-corrected chi connectivity index (χ0v) is 19.7. The van der Waals surface area contributed by atoms with Crippen LogP contribution in [-0.2, 0) is 22.4 Å². The minimum atomic E-state index is -0.178. The third-order valence-electron chi connectivity index (χ3n) is 6.41. The summed E-state index contributed by atoms with van der Waals surface area (Å²) in [6.45, 7) is 4.69. The highest BCUT2D eigenvalue weighted by Crippen LogP contribution is 2.47. The molecule has 1 aromatic carbocycles. The molecule has 2 aliphatic rings. The molecule has 0 saturated carbocycles. The van der Waals surface area contributed by atoms with Gasteiger partial charge in [0.1, 0.15) is 11.5 Å². The number of hydrogen-bond acceptors (Lipinski definition) is 5. The zero-order chi connectivity index (χ0) is 22.8. The molecule has 1 saturated heterocycles. The number of amides is 1. The van der Waals surface area contributed by atoms with Crippen molar-refractivity contribution < 1.29 is 19.0 Å². The van der Waals surface area contributed by atoms with Gasteiger partial charge in [-0.2, -0.15) is 5.10 Å². The van der Waals surface area contributed by atoms with Crippen molar-refractivity contribution in [1.82, 2.24) is 15.5 Å². The Kier molecular flexibility index (Phi) is 6.98. The number of nitrogens with one attached hydrogen (secondary N) is 2. The van der Waals surface area contributed by atoms with Crippen LogP contribution in [0.4, 0.5) is 0 Å². The van der Waals surface area contributed by atoms with Crippen molar-refractivity contribution >= 4 is 29.1 Å². The van der Waals surface area contributed by atoms with E-state index in [1.807, 2.05) is 0 Å². The molecule has 1 fully saturated rings. The van der Waals surface area contributed by atoms with Crippen LogP contribution in [0.1, 0.15) is 47.2 Å². The third kappa shape index (κ3) is 4.21. The van der Waals surface area contributed by atoms with Crippen LogP contribution in [-0.4, -0.2) is 49.6 Å². The van der Waals surface area contributed by atoms with Gasteiger partial charge in [-0.25, -0.2) is 0 Å². The first kappa shape index (κ1) is 23.0. The predicted molar refractivity (Wildman–Crippen MR) is 123 cm³/mol. The summed E-state index contributed by atoms with van der Waals surface area (Å²) in [5, 5.41) is 11.9. The molecule has 3 atom stereocenters. The lowest BCUT2D eigenvalue weighted by molar-refractivity contribution is -0.118. The summed E-state index contributed by atoms with van der Waals surface area (Å²) in [5.74, 6) is 0.993. The van der Waals surface area contributed by atoms with Gasteiger partial charge in [-0.3, -0.25) is 9.89 Å². The van der Waals surface area contributed by atoms with Crippen LogP contribution in [0, 0.1) is 0 Å². The normalized spacial score (nSPS) is 22.7. The highest BCUT2D eigenvalue weighted by atomic mass is 35.5. The van der Waals surface area contributed by atoms with E-state index in [-0.39, 0.29) is 23.8 Å². The van der Waals surface area contributed by atoms with E-state index in [2.05, 4.69) is 22.1 Å². The minimum absolute atomic E-state index is 0.00621. The van der Waals surface area contributed by atoms with Crippen LogP contribution in [0.15, 0.2) is 18.7 Å². The summed E-state index contributed by atoms with van der Waals surface area (Å²) in [6, 6.07) is 1.67. The van der Waals surface area contributed by atoms with Gasteiger partial charge >= 0.3 is 0 Å². The Bertz CT molecular complexity index is 995. The Labute approximate surface area is 197 Å². The van der Waals surface area contributed by atoms with Crippen LogP contribution >= 0.6 is 23.2 Å². The fourth-order valence-corrected chi connectivity index (χ4v) is 5.58. The Morgan fingerprint density at radius 1 is 1.28 bits per heavy atom. The van der Waals surface area contributed by atoms with Crippen molar-refractivity contribution in [3.05, 3.63) is 51.3 Å². The molecule has 1 aliphatic carbocycles. The van der Waals surface area contributed by atoms with Crippen molar-refractivity contribution in [3.8, 4) is 11.5 Å². The molecular weight excluding hydrogens is 453 g/mol. The molecule has 2 heterocycles. The summed E-state index contributed by atoms with van der Waals surface area (Å²) in [5.41, 5.74) is 4.05. The number of hydrogen-bond donors (Lipinski definition) is 2. The van der Waals surface area contributed by atoms with Crippen LogP contribution in [0.5, 0.6) is 11.5 Å². The lowest BCUT2D eigenvalue weighted by Gasteiger charge is -2.32. The topological polar surface area (TPSA) is 85.5 Å². The van der Waals surface area contributed by atoms with E-state index in [0.717, 1.165) is 42.6 Å². The van der Waals surface area contributed by atoms with E-state index in [1.165, 1.54) is 11.6 Å². The molecular formula is C23H27Cl2N3O4. The van der Waals surface area contributed by atoms with Crippen LogP contribution < -0.4 is 14.8 Å². The number of benzene rings is 1. The zero-order valence-electron chi connectivity index (χ0n) is 18.2. The van der Waals surface area contributed by atoms with Crippen LogP contribution in [0.25, 0.3) is 0 Å². The number of ether oxygens (including phenoxy) is 3. The molecule has 0 spiro atoms. The Morgan fingerprint density at radius 2 is 2.00 bits per heavy atom. The number of aromatic nitrogens is 2. The second-order valence-corrected chi connectivity index (χ2v) is 8.87. The van der Waals surface area contributed by atoms with Gasteiger partial charge in [0.05, 0.1) is 36.6 Å². The molecule has 4 rings (SSSR count). The van der Waals surface area contributed by atoms with E-state index >= 15 is 0 Å². The number of fused-ring (bicyclic) bond motifs is 1. The number of rotatable bonds is 6. The van der Waals surface area contributed by atoms with Gasteiger partial charge in [0.25, 0.3) is 0 Å². The maximum atomic E-state index is 11.9. The molecule has 172 valence electrons. The van der Waals surface area contributed by atoms with Crippen molar-refractivity contribution in [2.75, 3.05) is 27.4 Å². The predicted octanol–water partition coefficient (Wildman–Crippen LogP) is 4.18. The van der Waals surface area contributed by atoms with Crippen molar-refractivity contribution in [2.45, 2.75) is 43.6 Å². The highest BCUT2D eigenvalue weighted by Gasteiger charge is 2.35. The van der Waals surface area contributed by atoms with E-state index in [4.69, 9.17) is 37.4 Å². The molecule has 2 aromatic rings. The summed E-state index contributed by atoms with van der Waals surface area (Å²) < 4.78 is 16.6. The smallest absolute Gasteiger partial charge is 0.243 e. The molecule has 1 aromatic heterocycles. The van der Waals surface area contributed by atoms with Crippen molar-refractivity contribution in [3.63, 3.8) is 0 Å². The molecule has 0 radical (unpaired) electrons. The first-order valence-electron chi connectivity index (χ1n) is 10.6. The maximum Gasteiger partial charge on any atom is 0.243 e. The Balaban J connectivity index is 1.62. The molecule has 1 aliphatic heterocycles. The van der Waals surface area contributed by atoms with E-state index < -0.39 is 0 Å². The molecule has 9 heteroatoms. The molecule has 1 amide bonds. The number of methoxy groups -OCH3 is 2. The van der Waals surface area contributed by atoms with Gasteiger partial charge in [-0.15, -0.1) is 0 Å². The van der Waals surface area contributed by atoms with Gasteiger partial charge in [-0.1, -0.05) is 29.8 Å². The average molecular weight is 480 g/mol. The van der Waals surface area contributed by atoms with Gasteiger partial charge in [0, 0.05) is 35.9 Å². The number of halogens is 2. The van der Waals surface area contributed by atoms with Crippen molar-refractivity contribution in [2.24, 2.45) is 0 Å². The number of carbonyl (C=O) groups excluding carboxylic acids is 1. The Hall–Kier alpha value is -2.22. The lowest BCUT2D eigenvalue weighted by atomic mass is 9.79. The second-order valence-electron chi connectivity index (χ2n) is 8.12. The number of aromatic amines is 1. The molecule has 0 bridgehead atoms. The summed E-state index contributed by atoms with van der Waals surface area (Å²) in [7, 11) is 3.15. The van der Waals surface area contributed by atoms with Gasteiger partial charge in [0.15, 0.2) is 0 Å². The number of H-pyrrole nitrogens is 1. The van der Waals surface area contributed by atoms with E-state index in [9.17, 15) is 4.79 Å². The Morgan fingerprint density at radius 3 is 2.66 bits per heavy atom. The van der Waals surface area contributed by atoms with Gasteiger partial charge < -0.3 is 19.5 Å². The maximum absolute atomic E-state index is 11.9. The SMILES string of the molecule is C=CC(=O)NC1CCOCC1c1n[nH]c2c1CCC(c1c(Cl)c(OC)cc(OC)c1Cl)C2. The highest BCUT2D eigenvalue weighted by molar-refractivity contribution is 6.38. The first-order valence-corrected chi connectivity index (χ1v) is 11.4. The van der Waals surface area contributed by atoms with Crippen LogP contribution in [0.2, 0.25) is 10.0 Å². The second kappa shape index (κ2) is 9.73. The molecule has 3 unspecified atom stereocenters. The van der Waals surface area contributed by atoms with Gasteiger partial charge in [0.2, 0.25) is 5.91 Å². The fourth-order valence-electron chi connectivity index (χ4n) is 4.77.